The number of anilines is 2. The van der Waals surface area contributed by atoms with Gasteiger partial charge in [0.1, 0.15) is 0 Å². The SMILES string of the molecule is CNC(=O)Nc1cc(CC(C)C)ccc1-c1ccccc1S(=O)(=O)Nc1onc(C)c1C. The van der Waals surface area contributed by atoms with Gasteiger partial charge in [-0.3, -0.25) is 0 Å². The summed E-state index contributed by atoms with van der Waals surface area (Å²) < 4.78 is 34.1. The van der Waals surface area contributed by atoms with Gasteiger partial charge in [-0.2, -0.15) is 0 Å². The molecule has 0 aliphatic heterocycles. The van der Waals surface area contributed by atoms with E-state index >= 15 is 0 Å². The Labute approximate surface area is 188 Å². The Balaban J connectivity index is 2.10. The number of nitrogens with one attached hydrogen (secondary N) is 3. The number of carbonyl (C=O) groups is 1. The molecule has 32 heavy (non-hydrogen) atoms. The Kier molecular flexibility index (Phi) is 6.88. The molecular formula is C23H28N4O4S. The maximum absolute atomic E-state index is 13.3. The van der Waals surface area contributed by atoms with E-state index in [2.05, 4.69) is 34.4 Å². The second-order valence-corrected chi connectivity index (χ2v) is 9.66. The molecule has 2 amide bonds. The minimum atomic E-state index is -3.99. The van der Waals surface area contributed by atoms with Crippen molar-refractivity contribution in [2.75, 3.05) is 17.1 Å². The van der Waals surface area contributed by atoms with Gasteiger partial charge in [0.2, 0.25) is 5.88 Å². The normalized spacial score (nSPS) is 11.4. The van der Waals surface area contributed by atoms with Gasteiger partial charge in [0.05, 0.1) is 16.3 Å². The van der Waals surface area contributed by atoms with Crippen LogP contribution >= 0.6 is 0 Å². The quantitative estimate of drug-likeness (QED) is 0.476. The number of benzene rings is 2. The predicted octanol–water partition coefficient (Wildman–Crippen LogP) is 4.71. The number of hydrogen-bond acceptors (Lipinski definition) is 5. The first-order chi connectivity index (χ1) is 15.1. The molecule has 0 unspecified atom stereocenters. The van der Waals surface area contributed by atoms with Gasteiger partial charge in [-0.25, -0.2) is 17.9 Å². The molecule has 3 aromatic rings. The van der Waals surface area contributed by atoms with E-state index < -0.39 is 10.0 Å². The van der Waals surface area contributed by atoms with Gasteiger partial charge in [-0.15, -0.1) is 0 Å². The molecule has 0 radical (unpaired) electrons. The highest BCUT2D eigenvalue weighted by molar-refractivity contribution is 7.92. The summed E-state index contributed by atoms with van der Waals surface area (Å²) in [5, 5.41) is 9.17. The van der Waals surface area contributed by atoms with Crippen LogP contribution in [0.5, 0.6) is 0 Å². The molecule has 1 aromatic heterocycles. The van der Waals surface area contributed by atoms with E-state index in [1.165, 1.54) is 13.1 Å². The lowest BCUT2D eigenvalue weighted by Gasteiger charge is -2.17. The summed E-state index contributed by atoms with van der Waals surface area (Å²) in [5.74, 6) is 0.507. The number of rotatable bonds is 7. The number of carbonyl (C=O) groups excluding carboxylic acids is 1. The van der Waals surface area contributed by atoms with Crippen molar-refractivity contribution < 1.29 is 17.7 Å². The fraction of sp³-hybridized carbons (Fsp3) is 0.304. The molecule has 2 aromatic carbocycles. The van der Waals surface area contributed by atoms with Crippen molar-refractivity contribution in [2.45, 2.75) is 39.0 Å². The molecule has 0 saturated carbocycles. The molecule has 9 heteroatoms. The maximum atomic E-state index is 13.3. The van der Waals surface area contributed by atoms with Gasteiger partial charge < -0.3 is 15.2 Å². The lowest BCUT2D eigenvalue weighted by atomic mass is 9.97. The summed E-state index contributed by atoms with van der Waals surface area (Å²) in [4.78, 5) is 12.1. The van der Waals surface area contributed by atoms with E-state index in [-0.39, 0.29) is 16.8 Å². The van der Waals surface area contributed by atoms with Crippen LogP contribution in [0, 0.1) is 19.8 Å². The Hall–Kier alpha value is -3.33. The van der Waals surface area contributed by atoms with Crippen molar-refractivity contribution in [3.05, 3.63) is 59.3 Å². The van der Waals surface area contributed by atoms with Crippen LogP contribution in [0.1, 0.15) is 30.7 Å². The first kappa shape index (κ1) is 23.3. The highest BCUT2D eigenvalue weighted by Gasteiger charge is 2.24. The van der Waals surface area contributed by atoms with E-state index in [0.717, 1.165) is 12.0 Å². The number of amides is 2. The van der Waals surface area contributed by atoms with Gasteiger partial charge in [-0.05, 0) is 43.9 Å². The monoisotopic (exact) mass is 456 g/mol. The first-order valence-electron chi connectivity index (χ1n) is 10.3. The minimum Gasteiger partial charge on any atom is -0.341 e. The Morgan fingerprint density at radius 1 is 1.09 bits per heavy atom. The third kappa shape index (κ3) is 5.11. The molecule has 8 nitrogen and oxygen atoms in total. The number of hydrogen-bond donors (Lipinski definition) is 3. The topological polar surface area (TPSA) is 113 Å². The van der Waals surface area contributed by atoms with E-state index in [1.54, 1.807) is 32.0 Å². The fourth-order valence-electron chi connectivity index (χ4n) is 3.32. The molecule has 0 aliphatic carbocycles. The van der Waals surface area contributed by atoms with Crippen LogP contribution in [0.3, 0.4) is 0 Å². The predicted molar refractivity (Wildman–Crippen MR) is 125 cm³/mol. The highest BCUT2D eigenvalue weighted by Crippen LogP contribution is 2.35. The van der Waals surface area contributed by atoms with Gasteiger partial charge >= 0.3 is 6.03 Å². The smallest absolute Gasteiger partial charge is 0.318 e. The lowest BCUT2D eigenvalue weighted by Crippen LogP contribution is -2.25. The molecule has 170 valence electrons. The van der Waals surface area contributed by atoms with Gasteiger partial charge in [-0.1, -0.05) is 49.3 Å². The molecule has 0 aliphatic rings. The first-order valence-corrected chi connectivity index (χ1v) is 11.8. The summed E-state index contributed by atoms with van der Waals surface area (Å²) in [5.41, 5.74) is 3.84. The van der Waals surface area contributed by atoms with Crippen LogP contribution in [0.15, 0.2) is 51.9 Å². The molecule has 0 spiro atoms. The van der Waals surface area contributed by atoms with Gasteiger partial charge in [0, 0.05) is 23.7 Å². The second kappa shape index (κ2) is 9.44. The summed E-state index contributed by atoms with van der Waals surface area (Å²) >= 11 is 0. The zero-order valence-corrected chi connectivity index (χ0v) is 19.6. The zero-order valence-electron chi connectivity index (χ0n) is 18.8. The molecule has 3 N–H and O–H groups in total. The van der Waals surface area contributed by atoms with Crippen molar-refractivity contribution in [1.82, 2.24) is 10.5 Å². The average Bonchev–Trinajstić information content (AvgIpc) is 3.05. The molecule has 1 heterocycles. The van der Waals surface area contributed by atoms with Crippen molar-refractivity contribution in [3.8, 4) is 11.1 Å². The van der Waals surface area contributed by atoms with Crippen LogP contribution in [0.25, 0.3) is 11.1 Å². The number of aromatic nitrogens is 1. The highest BCUT2D eigenvalue weighted by atomic mass is 32.2. The van der Waals surface area contributed by atoms with Crippen LogP contribution in [0.2, 0.25) is 0 Å². The standard InChI is InChI=1S/C23H28N4O4S/c1-14(2)12-17-10-11-18(20(13-17)25-23(28)24-5)19-8-6-7-9-21(19)32(29,30)27-22-15(3)16(4)26-31-22/h6-11,13-14,27H,12H2,1-5H3,(H2,24,25,28). The van der Waals surface area contributed by atoms with E-state index in [9.17, 15) is 13.2 Å². The molecular weight excluding hydrogens is 428 g/mol. The number of aryl methyl sites for hydroxylation is 1. The second-order valence-electron chi connectivity index (χ2n) is 8.01. The Morgan fingerprint density at radius 3 is 2.44 bits per heavy atom. The van der Waals surface area contributed by atoms with Crippen molar-refractivity contribution >= 4 is 27.6 Å². The van der Waals surface area contributed by atoms with Gasteiger partial charge in [0.25, 0.3) is 10.0 Å². The van der Waals surface area contributed by atoms with Crippen LogP contribution in [0.4, 0.5) is 16.4 Å². The van der Waals surface area contributed by atoms with Crippen LogP contribution in [-0.2, 0) is 16.4 Å². The third-order valence-electron chi connectivity index (χ3n) is 5.05. The minimum absolute atomic E-state index is 0.0602. The fourth-order valence-corrected chi connectivity index (χ4v) is 4.59. The number of sulfonamides is 1. The lowest BCUT2D eigenvalue weighted by molar-refractivity contribution is 0.254. The average molecular weight is 457 g/mol. The Bertz CT molecular complexity index is 1230. The number of nitrogens with zero attached hydrogens (tertiary/aromatic N) is 1. The Morgan fingerprint density at radius 2 is 1.81 bits per heavy atom. The summed E-state index contributed by atoms with van der Waals surface area (Å²) in [6.07, 6.45) is 0.828. The van der Waals surface area contributed by atoms with Crippen molar-refractivity contribution in [1.29, 1.82) is 0 Å². The van der Waals surface area contributed by atoms with Gasteiger partial charge in [0.15, 0.2) is 0 Å². The summed E-state index contributed by atoms with van der Waals surface area (Å²) in [6.45, 7) is 7.69. The van der Waals surface area contributed by atoms with Crippen molar-refractivity contribution in [2.24, 2.45) is 5.92 Å². The molecule has 0 atom stereocenters. The molecule has 0 saturated heterocycles. The van der Waals surface area contributed by atoms with Crippen molar-refractivity contribution in [3.63, 3.8) is 0 Å². The van der Waals surface area contributed by atoms with Crippen LogP contribution in [-0.4, -0.2) is 26.7 Å². The molecule has 0 bridgehead atoms. The zero-order chi connectivity index (χ0) is 23.5. The van der Waals surface area contributed by atoms with E-state index in [1.807, 2.05) is 18.2 Å². The maximum Gasteiger partial charge on any atom is 0.318 e. The van der Waals surface area contributed by atoms with E-state index in [0.29, 0.717) is 34.0 Å². The largest absolute Gasteiger partial charge is 0.341 e. The molecule has 3 rings (SSSR count). The number of urea groups is 1. The summed E-state index contributed by atoms with van der Waals surface area (Å²) in [7, 11) is -2.47. The third-order valence-corrected chi connectivity index (χ3v) is 6.44. The molecule has 0 fully saturated rings. The summed E-state index contributed by atoms with van der Waals surface area (Å²) in [6, 6.07) is 11.9. The van der Waals surface area contributed by atoms with E-state index in [4.69, 9.17) is 4.52 Å². The van der Waals surface area contributed by atoms with Crippen LogP contribution < -0.4 is 15.4 Å².